The van der Waals surface area contributed by atoms with Gasteiger partial charge in [-0.2, -0.15) is 5.26 Å². The van der Waals surface area contributed by atoms with Crippen molar-refractivity contribution in [2.75, 3.05) is 0 Å². The fourth-order valence-electron chi connectivity index (χ4n) is 2.11. The van der Waals surface area contributed by atoms with E-state index in [4.69, 9.17) is 28.5 Å². The second-order valence-electron chi connectivity index (χ2n) is 4.75. The molecule has 2 heterocycles. The average Bonchev–Trinajstić information content (AvgIpc) is 2.99. The summed E-state index contributed by atoms with van der Waals surface area (Å²) in [4.78, 5) is 4.23. The summed E-state index contributed by atoms with van der Waals surface area (Å²) in [5.74, 6) is 0.756. The SMILES string of the molecule is CCn1c(Sc2ccc(Cl)c(C#N)n2)nnc1-c1ccc(Cl)cc1. The zero-order chi connectivity index (χ0) is 17.1. The first-order valence-electron chi connectivity index (χ1n) is 7.06. The summed E-state index contributed by atoms with van der Waals surface area (Å²) in [5, 5.41) is 19.9. The Morgan fingerprint density at radius 3 is 2.54 bits per heavy atom. The van der Waals surface area contributed by atoms with Crippen LogP contribution in [0.2, 0.25) is 10.0 Å². The molecule has 2 aromatic heterocycles. The van der Waals surface area contributed by atoms with Gasteiger partial charge in [0, 0.05) is 17.1 Å². The highest BCUT2D eigenvalue weighted by atomic mass is 35.5. The van der Waals surface area contributed by atoms with Gasteiger partial charge in [-0.3, -0.25) is 0 Å². The number of benzene rings is 1. The highest BCUT2D eigenvalue weighted by Gasteiger charge is 2.15. The number of aromatic nitrogens is 4. The molecule has 3 rings (SSSR count). The van der Waals surface area contributed by atoms with Gasteiger partial charge in [-0.1, -0.05) is 23.2 Å². The molecule has 120 valence electrons. The molecule has 0 bridgehead atoms. The van der Waals surface area contributed by atoms with Crippen LogP contribution in [0.4, 0.5) is 0 Å². The Morgan fingerprint density at radius 2 is 1.88 bits per heavy atom. The van der Waals surface area contributed by atoms with Crippen molar-refractivity contribution in [1.82, 2.24) is 19.7 Å². The van der Waals surface area contributed by atoms with Crippen LogP contribution in [0.15, 0.2) is 46.6 Å². The number of hydrogen-bond donors (Lipinski definition) is 0. The van der Waals surface area contributed by atoms with Gasteiger partial charge in [0.15, 0.2) is 16.7 Å². The van der Waals surface area contributed by atoms with Crippen LogP contribution in [0.25, 0.3) is 11.4 Å². The van der Waals surface area contributed by atoms with E-state index in [0.717, 1.165) is 11.4 Å². The van der Waals surface area contributed by atoms with Crippen LogP contribution in [0.3, 0.4) is 0 Å². The van der Waals surface area contributed by atoms with Crippen LogP contribution in [0.1, 0.15) is 12.6 Å². The van der Waals surface area contributed by atoms with E-state index >= 15 is 0 Å². The Hall–Kier alpha value is -2.07. The monoisotopic (exact) mass is 375 g/mol. The lowest BCUT2D eigenvalue weighted by atomic mass is 10.2. The van der Waals surface area contributed by atoms with Gasteiger partial charge in [0.25, 0.3) is 0 Å². The van der Waals surface area contributed by atoms with E-state index in [-0.39, 0.29) is 5.69 Å². The quantitative estimate of drug-likeness (QED) is 0.661. The van der Waals surface area contributed by atoms with Gasteiger partial charge in [0.2, 0.25) is 0 Å². The first-order valence-corrected chi connectivity index (χ1v) is 8.63. The molecule has 0 saturated heterocycles. The summed E-state index contributed by atoms with van der Waals surface area (Å²) in [6.45, 7) is 2.72. The first-order chi connectivity index (χ1) is 11.6. The molecule has 3 aromatic rings. The van der Waals surface area contributed by atoms with Gasteiger partial charge in [0.05, 0.1) is 5.02 Å². The van der Waals surface area contributed by atoms with E-state index in [2.05, 4.69) is 15.2 Å². The van der Waals surface area contributed by atoms with Crippen molar-refractivity contribution in [3.8, 4) is 17.5 Å². The van der Waals surface area contributed by atoms with Gasteiger partial charge in [-0.05, 0) is 55.1 Å². The number of nitrogens with zero attached hydrogens (tertiary/aromatic N) is 5. The van der Waals surface area contributed by atoms with E-state index < -0.39 is 0 Å². The van der Waals surface area contributed by atoms with Gasteiger partial charge in [-0.25, -0.2) is 4.98 Å². The largest absolute Gasteiger partial charge is 0.302 e. The summed E-state index contributed by atoms with van der Waals surface area (Å²) >= 11 is 13.2. The summed E-state index contributed by atoms with van der Waals surface area (Å²) in [6, 6.07) is 12.8. The average molecular weight is 376 g/mol. The lowest BCUT2D eigenvalue weighted by molar-refractivity contribution is 0.686. The Morgan fingerprint density at radius 1 is 1.12 bits per heavy atom. The molecular weight excluding hydrogens is 365 g/mol. The molecule has 24 heavy (non-hydrogen) atoms. The molecule has 0 radical (unpaired) electrons. The van der Waals surface area contributed by atoms with Crippen LogP contribution in [0, 0.1) is 11.3 Å². The third-order valence-electron chi connectivity index (χ3n) is 3.26. The third-order valence-corrected chi connectivity index (χ3v) is 4.74. The van der Waals surface area contributed by atoms with Crippen molar-refractivity contribution in [3.63, 3.8) is 0 Å². The molecule has 0 N–H and O–H groups in total. The van der Waals surface area contributed by atoms with Crippen LogP contribution >= 0.6 is 35.0 Å². The van der Waals surface area contributed by atoms with E-state index in [9.17, 15) is 0 Å². The van der Waals surface area contributed by atoms with Gasteiger partial charge in [-0.15, -0.1) is 10.2 Å². The highest BCUT2D eigenvalue weighted by Crippen LogP contribution is 2.30. The summed E-state index contributed by atoms with van der Waals surface area (Å²) < 4.78 is 1.98. The van der Waals surface area contributed by atoms with Gasteiger partial charge >= 0.3 is 0 Å². The second-order valence-corrected chi connectivity index (χ2v) is 6.58. The summed E-state index contributed by atoms with van der Waals surface area (Å²) in [7, 11) is 0. The van der Waals surface area contributed by atoms with Crippen molar-refractivity contribution >= 4 is 35.0 Å². The molecular formula is C16H11Cl2N5S. The van der Waals surface area contributed by atoms with Crippen LogP contribution in [0.5, 0.6) is 0 Å². The van der Waals surface area contributed by atoms with Crippen molar-refractivity contribution in [1.29, 1.82) is 5.26 Å². The predicted molar refractivity (Wildman–Crippen MR) is 94.2 cm³/mol. The zero-order valence-corrected chi connectivity index (χ0v) is 14.9. The third kappa shape index (κ3) is 3.39. The second kappa shape index (κ2) is 7.22. The van der Waals surface area contributed by atoms with Crippen LogP contribution < -0.4 is 0 Å². The summed E-state index contributed by atoms with van der Waals surface area (Å²) in [6.07, 6.45) is 0. The minimum atomic E-state index is 0.196. The molecule has 0 fully saturated rings. The molecule has 8 heteroatoms. The summed E-state index contributed by atoms with van der Waals surface area (Å²) in [5.41, 5.74) is 1.13. The molecule has 0 aliphatic heterocycles. The number of nitriles is 1. The molecule has 0 amide bonds. The van der Waals surface area contributed by atoms with Gasteiger partial charge in [0.1, 0.15) is 11.1 Å². The molecule has 0 atom stereocenters. The molecule has 0 aliphatic carbocycles. The Kier molecular flexibility index (Phi) is 5.05. The van der Waals surface area contributed by atoms with Crippen molar-refractivity contribution < 1.29 is 0 Å². The normalized spacial score (nSPS) is 10.6. The number of rotatable bonds is 4. The standard InChI is InChI=1S/C16H11Cl2N5S/c1-2-23-15(10-3-5-11(17)6-4-10)21-22-16(23)24-14-8-7-12(18)13(9-19)20-14/h3-8H,2H2,1H3. The van der Waals surface area contributed by atoms with Gasteiger partial charge < -0.3 is 4.57 Å². The maximum Gasteiger partial charge on any atom is 0.197 e. The number of hydrogen-bond acceptors (Lipinski definition) is 5. The first kappa shape index (κ1) is 16.8. The highest BCUT2D eigenvalue weighted by molar-refractivity contribution is 7.99. The molecule has 0 unspecified atom stereocenters. The smallest absolute Gasteiger partial charge is 0.197 e. The molecule has 1 aromatic carbocycles. The minimum absolute atomic E-state index is 0.196. The Bertz CT molecular complexity index is 915. The van der Waals surface area contributed by atoms with E-state index in [1.165, 1.54) is 11.8 Å². The number of halogens is 2. The van der Waals surface area contributed by atoms with Crippen molar-refractivity contribution in [2.45, 2.75) is 23.7 Å². The van der Waals surface area contributed by atoms with E-state index in [1.54, 1.807) is 12.1 Å². The maximum absolute atomic E-state index is 9.03. The Balaban J connectivity index is 1.95. The molecule has 0 aliphatic rings. The van der Waals surface area contributed by atoms with E-state index in [1.807, 2.05) is 41.8 Å². The predicted octanol–water partition coefficient (Wildman–Crippen LogP) is 4.69. The number of pyridine rings is 1. The van der Waals surface area contributed by atoms with Crippen molar-refractivity contribution in [2.24, 2.45) is 0 Å². The molecule has 0 saturated carbocycles. The van der Waals surface area contributed by atoms with E-state index in [0.29, 0.717) is 26.8 Å². The molecule has 5 nitrogen and oxygen atoms in total. The lowest BCUT2D eigenvalue weighted by Gasteiger charge is -2.07. The lowest BCUT2D eigenvalue weighted by Crippen LogP contribution is -2.00. The fraction of sp³-hybridized carbons (Fsp3) is 0.125. The fourth-order valence-corrected chi connectivity index (χ4v) is 3.26. The maximum atomic E-state index is 9.03. The zero-order valence-electron chi connectivity index (χ0n) is 12.6. The molecule has 0 spiro atoms. The van der Waals surface area contributed by atoms with Crippen LogP contribution in [-0.4, -0.2) is 19.7 Å². The van der Waals surface area contributed by atoms with Crippen molar-refractivity contribution in [3.05, 3.63) is 52.1 Å². The Labute approximate surface area is 153 Å². The minimum Gasteiger partial charge on any atom is -0.302 e. The topological polar surface area (TPSA) is 67.4 Å². The van der Waals surface area contributed by atoms with Crippen LogP contribution in [-0.2, 0) is 6.54 Å².